The Balaban J connectivity index is 1.65. The van der Waals surface area contributed by atoms with Crippen LogP contribution in [0.3, 0.4) is 0 Å². The Labute approximate surface area is 174 Å². The summed E-state index contributed by atoms with van der Waals surface area (Å²) in [5, 5.41) is 10.3. The molecule has 1 aliphatic heterocycles. The Kier molecular flexibility index (Phi) is 5.50. The minimum absolute atomic E-state index is 0.0000395. The van der Waals surface area contributed by atoms with Crippen LogP contribution in [-0.4, -0.2) is 46.8 Å². The number of carbonyl (C=O) groups excluding carboxylic acids is 2. The number of amides is 2. The number of nitrogens with zero attached hydrogens (tertiary/aromatic N) is 4. The molecule has 3 heterocycles. The number of anilines is 3. The van der Waals surface area contributed by atoms with E-state index in [4.69, 9.17) is 10.5 Å². The highest BCUT2D eigenvalue weighted by Gasteiger charge is 2.21. The number of carbonyl (C=O) groups is 2. The van der Waals surface area contributed by atoms with E-state index >= 15 is 0 Å². The Hall–Kier alpha value is -3.99. The average Bonchev–Trinajstić information content (AvgIpc) is 2.75. The van der Waals surface area contributed by atoms with Crippen molar-refractivity contribution in [2.45, 2.75) is 0 Å². The molecule has 1 fully saturated rings. The standard InChI is InChI=1S/C20H16F2N6O3/c21-12-2-1-3-13(22)18(12)14-8-15(19(20(23)30)27-26-14)25-16-5-4-11(9-24-16)28-6-7-31-10-17(28)29/h1-5,8-9H,6-7,10H2,(H2,23,30)(H,24,25,26). The molecule has 2 aromatic heterocycles. The summed E-state index contributed by atoms with van der Waals surface area (Å²) in [5.74, 6) is -2.43. The SMILES string of the molecule is NC(=O)c1nnc(-c2c(F)cccc2F)cc1Nc1ccc(N2CCOCC2=O)cn1. The fraction of sp³-hybridized carbons (Fsp3) is 0.150. The zero-order valence-corrected chi connectivity index (χ0v) is 16.0. The minimum atomic E-state index is -0.883. The van der Waals surface area contributed by atoms with Crippen LogP contribution >= 0.6 is 0 Å². The lowest BCUT2D eigenvalue weighted by molar-refractivity contribution is -0.125. The first-order valence-electron chi connectivity index (χ1n) is 9.17. The maximum Gasteiger partial charge on any atom is 0.271 e. The molecule has 3 N–H and O–H groups in total. The van der Waals surface area contributed by atoms with Crippen LogP contribution in [0.1, 0.15) is 10.5 Å². The van der Waals surface area contributed by atoms with Crippen LogP contribution in [0.2, 0.25) is 0 Å². The van der Waals surface area contributed by atoms with Gasteiger partial charge in [-0.15, -0.1) is 10.2 Å². The van der Waals surface area contributed by atoms with E-state index in [0.717, 1.165) is 12.1 Å². The van der Waals surface area contributed by atoms with Crippen molar-refractivity contribution in [3.63, 3.8) is 0 Å². The molecule has 0 unspecified atom stereocenters. The zero-order valence-electron chi connectivity index (χ0n) is 16.0. The van der Waals surface area contributed by atoms with Gasteiger partial charge in [-0.05, 0) is 30.3 Å². The number of aromatic nitrogens is 3. The summed E-state index contributed by atoms with van der Waals surface area (Å²) < 4.78 is 33.4. The third kappa shape index (κ3) is 4.16. The number of nitrogens with one attached hydrogen (secondary N) is 1. The molecule has 3 aromatic rings. The molecule has 4 rings (SSSR count). The molecule has 1 aliphatic rings. The van der Waals surface area contributed by atoms with Gasteiger partial charge < -0.3 is 20.7 Å². The van der Waals surface area contributed by atoms with Gasteiger partial charge in [0, 0.05) is 6.54 Å². The minimum Gasteiger partial charge on any atom is -0.370 e. The van der Waals surface area contributed by atoms with Crippen molar-refractivity contribution in [3.05, 3.63) is 59.9 Å². The van der Waals surface area contributed by atoms with Crippen LogP contribution in [0.5, 0.6) is 0 Å². The lowest BCUT2D eigenvalue weighted by Crippen LogP contribution is -2.41. The molecule has 1 saturated heterocycles. The second-order valence-corrected chi connectivity index (χ2v) is 6.58. The fourth-order valence-electron chi connectivity index (χ4n) is 3.08. The first kappa shape index (κ1) is 20.3. The second-order valence-electron chi connectivity index (χ2n) is 6.58. The number of hydrogen-bond acceptors (Lipinski definition) is 7. The van der Waals surface area contributed by atoms with Crippen molar-refractivity contribution in [1.82, 2.24) is 15.2 Å². The zero-order chi connectivity index (χ0) is 22.0. The number of pyridine rings is 1. The number of morpholine rings is 1. The normalized spacial score (nSPS) is 13.9. The molecule has 158 valence electrons. The van der Waals surface area contributed by atoms with Gasteiger partial charge in [-0.1, -0.05) is 6.07 Å². The molecule has 11 heteroatoms. The van der Waals surface area contributed by atoms with Crippen LogP contribution < -0.4 is 16.0 Å². The molecule has 0 radical (unpaired) electrons. The number of nitrogens with two attached hydrogens (primary N) is 1. The molecular weight excluding hydrogens is 410 g/mol. The third-order valence-electron chi connectivity index (χ3n) is 4.55. The number of benzene rings is 1. The van der Waals surface area contributed by atoms with Crippen molar-refractivity contribution in [2.24, 2.45) is 5.73 Å². The Morgan fingerprint density at radius 3 is 2.58 bits per heavy atom. The maximum absolute atomic E-state index is 14.1. The van der Waals surface area contributed by atoms with Crippen LogP contribution in [-0.2, 0) is 9.53 Å². The predicted molar refractivity (Wildman–Crippen MR) is 107 cm³/mol. The van der Waals surface area contributed by atoms with Crippen LogP contribution in [0.25, 0.3) is 11.3 Å². The van der Waals surface area contributed by atoms with Gasteiger partial charge in [0.25, 0.3) is 11.8 Å². The smallest absolute Gasteiger partial charge is 0.271 e. The summed E-state index contributed by atoms with van der Waals surface area (Å²) in [5.41, 5.74) is 5.26. The third-order valence-corrected chi connectivity index (χ3v) is 4.55. The Bertz CT molecular complexity index is 1140. The molecule has 0 aliphatic carbocycles. The molecule has 1 aromatic carbocycles. The van der Waals surface area contributed by atoms with Crippen LogP contribution in [0, 0.1) is 11.6 Å². The van der Waals surface area contributed by atoms with Crippen molar-refractivity contribution < 1.29 is 23.1 Å². The number of hydrogen-bond donors (Lipinski definition) is 2. The van der Waals surface area contributed by atoms with Gasteiger partial charge in [-0.3, -0.25) is 9.59 Å². The monoisotopic (exact) mass is 426 g/mol. The maximum atomic E-state index is 14.1. The van der Waals surface area contributed by atoms with Gasteiger partial charge in [-0.2, -0.15) is 0 Å². The fourth-order valence-corrected chi connectivity index (χ4v) is 3.08. The van der Waals surface area contributed by atoms with Crippen LogP contribution in [0.15, 0.2) is 42.6 Å². The number of rotatable bonds is 5. The van der Waals surface area contributed by atoms with E-state index in [0.29, 0.717) is 24.7 Å². The Morgan fingerprint density at radius 1 is 1.16 bits per heavy atom. The van der Waals surface area contributed by atoms with E-state index in [1.165, 1.54) is 18.3 Å². The van der Waals surface area contributed by atoms with Crippen molar-refractivity contribution in [3.8, 4) is 11.3 Å². The largest absolute Gasteiger partial charge is 0.370 e. The highest BCUT2D eigenvalue weighted by molar-refractivity contribution is 5.97. The summed E-state index contributed by atoms with van der Waals surface area (Å²) in [4.78, 5) is 29.5. The van der Waals surface area contributed by atoms with Crippen molar-refractivity contribution >= 4 is 29.0 Å². The molecule has 31 heavy (non-hydrogen) atoms. The van der Waals surface area contributed by atoms with E-state index < -0.39 is 17.5 Å². The number of halogens is 2. The molecule has 0 atom stereocenters. The van der Waals surface area contributed by atoms with E-state index in [9.17, 15) is 18.4 Å². The van der Waals surface area contributed by atoms with Gasteiger partial charge in [0.1, 0.15) is 29.8 Å². The van der Waals surface area contributed by atoms with Gasteiger partial charge in [0.2, 0.25) is 0 Å². The molecule has 0 bridgehead atoms. The highest BCUT2D eigenvalue weighted by Crippen LogP contribution is 2.28. The van der Waals surface area contributed by atoms with E-state index in [2.05, 4.69) is 20.5 Å². The summed E-state index contributed by atoms with van der Waals surface area (Å²) in [6.07, 6.45) is 1.47. The lowest BCUT2D eigenvalue weighted by atomic mass is 10.1. The summed E-state index contributed by atoms with van der Waals surface area (Å²) >= 11 is 0. The number of ether oxygens (including phenoxy) is 1. The van der Waals surface area contributed by atoms with E-state index in [1.807, 2.05) is 0 Å². The van der Waals surface area contributed by atoms with Gasteiger partial charge in [0.15, 0.2) is 5.69 Å². The summed E-state index contributed by atoms with van der Waals surface area (Å²) in [7, 11) is 0. The molecular formula is C20H16F2N6O3. The lowest BCUT2D eigenvalue weighted by Gasteiger charge is -2.26. The molecule has 0 saturated carbocycles. The molecule has 9 nitrogen and oxygen atoms in total. The Morgan fingerprint density at radius 2 is 1.94 bits per heavy atom. The van der Waals surface area contributed by atoms with Gasteiger partial charge >= 0.3 is 0 Å². The van der Waals surface area contributed by atoms with E-state index in [1.54, 1.807) is 17.0 Å². The van der Waals surface area contributed by atoms with Crippen LogP contribution in [0.4, 0.5) is 26.0 Å². The summed E-state index contributed by atoms with van der Waals surface area (Å²) in [6.45, 7) is 0.830. The topological polar surface area (TPSA) is 123 Å². The van der Waals surface area contributed by atoms with Gasteiger partial charge in [0.05, 0.1) is 29.7 Å². The highest BCUT2D eigenvalue weighted by atomic mass is 19.1. The van der Waals surface area contributed by atoms with Gasteiger partial charge in [-0.25, -0.2) is 13.8 Å². The summed E-state index contributed by atoms with van der Waals surface area (Å²) in [6, 6.07) is 7.89. The first-order chi connectivity index (χ1) is 14.9. The second kappa shape index (κ2) is 8.40. The number of primary amides is 1. The molecule has 2 amide bonds. The first-order valence-corrected chi connectivity index (χ1v) is 9.17. The van der Waals surface area contributed by atoms with Crippen molar-refractivity contribution in [1.29, 1.82) is 0 Å². The predicted octanol–water partition coefficient (Wildman–Crippen LogP) is 2.02. The quantitative estimate of drug-likeness (QED) is 0.640. The van der Waals surface area contributed by atoms with E-state index in [-0.39, 0.29) is 35.2 Å². The average molecular weight is 426 g/mol. The molecule has 0 spiro atoms. The van der Waals surface area contributed by atoms with Crippen molar-refractivity contribution in [2.75, 3.05) is 30.0 Å².